The van der Waals surface area contributed by atoms with Crippen LogP contribution in [0.25, 0.3) is 0 Å². The van der Waals surface area contributed by atoms with Gasteiger partial charge >= 0.3 is 0 Å². The van der Waals surface area contributed by atoms with Gasteiger partial charge in [-0.15, -0.1) is 0 Å². The second-order valence-corrected chi connectivity index (χ2v) is 4.32. The molecule has 0 nitrogen and oxygen atoms in total. The Morgan fingerprint density at radius 1 is 1.15 bits per heavy atom. The summed E-state index contributed by atoms with van der Waals surface area (Å²) < 4.78 is 0. The zero-order valence-electron chi connectivity index (χ0n) is 9.85. The van der Waals surface area contributed by atoms with Gasteiger partial charge in [0.1, 0.15) is 0 Å². The van der Waals surface area contributed by atoms with Gasteiger partial charge in [0.15, 0.2) is 0 Å². The minimum absolute atomic E-state index is 0.791. The summed E-state index contributed by atoms with van der Waals surface area (Å²) in [5.74, 6) is 0.791. The number of hydrogen-bond donors (Lipinski definition) is 0. The van der Waals surface area contributed by atoms with Gasteiger partial charge in [-0.2, -0.15) is 0 Å². The molecule has 0 spiro atoms. The maximum Gasteiger partial charge on any atom is -0.0288 e. The van der Waals surface area contributed by atoms with Crippen molar-refractivity contribution >= 4 is 0 Å². The highest BCUT2D eigenvalue weighted by molar-refractivity contribution is 5.02. The van der Waals surface area contributed by atoms with Crippen LogP contribution in [0.1, 0.15) is 53.9 Å². The average molecular weight is 180 g/mol. The molecule has 0 aliphatic carbocycles. The fourth-order valence-corrected chi connectivity index (χ4v) is 1.42. The normalized spacial score (nSPS) is 14.0. The minimum Gasteiger partial charge on any atom is -0.0887 e. The molecule has 0 saturated carbocycles. The lowest BCUT2D eigenvalue weighted by Gasteiger charge is -2.04. The zero-order chi connectivity index (χ0) is 10.3. The molecule has 0 aliphatic heterocycles. The second kappa shape index (κ2) is 6.94. The van der Waals surface area contributed by atoms with E-state index in [1.165, 1.54) is 24.8 Å². The van der Waals surface area contributed by atoms with Gasteiger partial charge in [-0.25, -0.2) is 0 Å². The first-order chi connectivity index (χ1) is 6.06. The number of allylic oxidation sites excluding steroid dienone is 4. The van der Waals surface area contributed by atoms with Crippen LogP contribution in [0.4, 0.5) is 0 Å². The Bertz CT molecular complexity index is 182. The summed E-state index contributed by atoms with van der Waals surface area (Å²) in [5, 5.41) is 0. The maximum atomic E-state index is 2.38. The summed E-state index contributed by atoms with van der Waals surface area (Å²) in [4.78, 5) is 0. The summed E-state index contributed by atoms with van der Waals surface area (Å²) in [7, 11) is 0. The highest BCUT2D eigenvalue weighted by Gasteiger charge is 1.95. The molecule has 0 aliphatic rings. The van der Waals surface area contributed by atoms with Crippen LogP contribution < -0.4 is 0 Å². The fraction of sp³-hybridized carbons (Fsp3) is 0.692. The van der Waals surface area contributed by atoms with Crippen molar-refractivity contribution in [3.8, 4) is 0 Å². The Labute approximate surface area is 83.7 Å². The molecule has 76 valence electrons. The molecular weight excluding hydrogens is 156 g/mol. The summed E-state index contributed by atoms with van der Waals surface area (Å²) in [6.45, 7) is 11.1. The van der Waals surface area contributed by atoms with E-state index in [9.17, 15) is 0 Å². The Balaban J connectivity index is 3.71. The van der Waals surface area contributed by atoms with Crippen LogP contribution >= 0.6 is 0 Å². The summed E-state index contributed by atoms with van der Waals surface area (Å²) >= 11 is 0. The SMILES string of the molecule is CC=C(C)CCC=C(C)CC(C)C. The molecule has 0 aromatic carbocycles. The molecule has 0 saturated heterocycles. The van der Waals surface area contributed by atoms with Crippen molar-refractivity contribution < 1.29 is 0 Å². The third-order valence-corrected chi connectivity index (χ3v) is 2.25. The predicted octanol–water partition coefficient (Wildman–Crippen LogP) is 4.73. The van der Waals surface area contributed by atoms with Gasteiger partial charge in [0.2, 0.25) is 0 Å². The highest BCUT2D eigenvalue weighted by atomic mass is 14.0. The van der Waals surface area contributed by atoms with E-state index in [1.807, 2.05) is 0 Å². The van der Waals surface area contributed by atoms with E-state index in [0.29, 0.717) is 0 Å². The van der Waals surface area contributed by atoms with Gasteiger partial charge in [-0.3, -0.25) is 0 Å². The molecule has 0 N–H and O–H groups in total. The van der Waals surface area contributed by atoms with Gasteiger partial charge in [0, 0.05) is 0 Å². The lowest BCUT2D eigenvalue weighted by atomic mass is 10.0. The van der Waals surface area contributed by atoms with Crippen molar-refractivity contribution in [2.75, 3.05) is 0 Å². The summed E-state index contributed by atoms with van der Waals surface area (Å²) in [5.41, 5.74) is 3.03. The first-order valence-electron chi connectivity index (χ1n) is 5.33. The molecule has 0 bridgehead atoms. The fourth-order valence-electron chi connectivity index (χ4n) is 1.42. The molecule has 0 rings (SSSR count). The largest absolute Gasteiger partial charge is 0.0887 e. The van der Waals surface area contributed by atoms with Crippen LogP contribution in [-0.2, 0) is 0 Å². The molecule has 13 heavy (non-hydrogen) atoms. The summed E-state index contributed by atoms with van der Waals surface area (Å²) in [6, 6.07) is 0. The zero-order valence-corrected chi connectivity index (χ0v) is 9.85. The van der Waals surface area contributed by atoms with Gasteiger partial charge in [-0.05, 0) is 46.0 Å². The topological polar surface area (TPSA) is 0 Å². The Kier molecular flexibility index (Phi) is 6.66. The van der Waals surface area contributed by atoms with E-state index < -0.39 is 0 Å². The standard InChI is InChI=1S/C13H24/c1-6-12(4)8-7-9-13(5)10-11(2)3/h6,9,11H,7-8,10H2,1-5H3. The van der Waals surface area contributed by atoms with E-state index in [1.54, 1.807) is 5.57 Å². The van der Waals surface area contributed by atoms with Crippen molar-refractivity contribution in [1.29, 1.82) is 0 Å². The molecular formula is C13H24. The van der Waals surface area contributed by atoms with Crippen LogP contribution in [0.15, 0.2) is 23.3 Å². The Morgan fingerprint density at radius 2 is 1.77 bits per heavy atom. The predicted molar refractivity (Wildman–Crippen MR) is 61.9 cm³/mol. The first-order valence-corrected chi connectivity index (χ1v) is 5.33. The van der Waals surface area contributed by atoms with Crippen molar-refractivity contribution in [3.63, 3.8) is 0 Å². The summed E-state index contributed by atoms with van der Waals surface area (Å²) in [6.07, 6.45) is 8.24. The van der Waals surface area contributed by atoms with E-state index in [2.05, 4.69) is 46.8 Å². The average Bonchev–Trinajstić information content (AvgIpc) is 2.02. The molecule has 0 atom stereocenters. The molecule has 0 aromatic rings. The van der Waals surface area contributed by atoms with E-state index in [-0.39, 0.29) is 0 Å². The van der Waals surface area contributed by atoms with Crippen LogP contribution in [0.3, 0.4) is 0 Å². The highest BCUT2D eigenvalue weighted by Crippen LogP contribution is 2.12. The third-order valence-electron chi connectivity index (χ3n) is 2.25. The van der Waals surface area contributed by atoms with Crippen LogP contribution in [0.2, 0.25) is 0 Å². The molecule has 0 amide bonds. The van der Waals surface area contributed by atoms with Crippen molar-refractivity contribution in [1.82, 2.24) is 0 Å². The van der Waals surface area contributed by atoms with Gasteiger partial charge < -0.3 is 0 Å². The first kappa shape index (κ1) is 12.5. The Hall–Kier alpha value is -0.520. The minimum atomic E-state index is 0.791. The van der Waals surface area contributed by atoms with E-state index >= 15 is 0 Å². The Morgan fingerprint density at radius 3 is 2.23 bits per heavy atom. The van der Waals surface area contributed by atoms with E-state index in [0.717, 1.165) is 5.92 Å². The maximum absolute atomic E-state index is 2.38. The molecule has 0 aromatic heterocycles. The molecule has 0 heteroatoms. The lowest BCUT2D eigenvalue weighted by molar-refractivity contribution is 0.640. The van der Waals surface area contributed by atoms with Crippen molar-refractivity contribution in [2.45, 2.75) is 53.9 Å². The molecule has 0 heterocycles. The van der Waals surface area contributed by atoms with Crippen LogP contribution in [0.5, 0.6) is 0 Å². The number of rotatable bonds is 5. The van der Waals surface area contributed by atoms with Gasteiger partial charge in [0.25, 0.3) is 0 Å². The van der Waals surface area contributed by atoms with Crippen molar-refractivity contribution in [3.05, 3.63) is 23.3 Å². The molecule has 0 fully saturated rings. The van der Waals surface area contributed by atoms with Crippen LogP contribution in [0, 0.1) is 5.92 Å². The third kappa shape index (κ3) is 7.83. The van der Waals surface area contributed by atoms with E-state index in [4.69, 9.17) is 0 Å². The smallest absolute Gasteiger partial charge is 0.0288 e. The van der Waals surface area contributed by atoms with Crippen LogP contribution in [-0.4, -0.2) is 0 Å². The van der Waals surface area contributed by atoms with Gasteiger partial charge in [-0.1, -0.05) is 37.1 Å². The van der Waals surface area contributed by atoms with Gasteiger partial charge in [0.05, 0.1) is 0 Å². The molecule has 0 radical (unpaired) electrons. The van der Waals surface area contributed by atoms with Crippen molar-refractivity contribution in [2.24, 2.45) is 5.92 Å². The monoisotopic (exact) mass is 180 g/mol. The molecule has 0 unspecified atom stereocenters. The quantitative estimate of drug-likeness (QED) is 0.537. The number of hydrogen-bond acceptors (Lipinski definition) is 0. The second-order valence-electron chi connectivity index (χ2n) is 4.32. The lowest BCUT2D eigenvalue weighted by Crippen LogP contribution is -1.88.